The van der Waals surface area contributed by atoms with Crippen LogP contribution < -0.4 is 9.80 Å². The van der Waals surface area contributed by atoms with Crippen LogP contribution in [0.4, 0.5) is 34.1 Å². The van der Waals surface area contributed by atoms with Crippen molar-refractivity contribution in [1.29, 1.82) is 0 Å². The minimum atomic E-state index is 0.716. The first-order valence-corrected chi connectivity index (χ1v) is 21.7. The van der Waals surface area contributed by atoms with E-state index in [1.807, 2.05) is 0 Å². The van der Waals surface area contributed by atoms with Crippen LogP contribution in [0.1, 0.15) is 107 Å². The molecule has 0 atom stereocenters. The fraction of sp³-hybridized carbons (Fsp3) is 0.321. The zero-order chi connectivity index (χ0) is 39.3. The maximum absolute atomic E-state index is 7.91. The molecular weight excluding hydrogens is 700 g/mol. The van der Waals surface area contributed by atoms with Crippen molar-refractivity contribution in [2.75, 3.05) is 9.80 Å². The Kier molecular flexibility index (Phi) is 14.9. The van der Waals surface area contributed by atoms with Crippen LogP contribution in [0.3, 0.4) is 0 Å². The zero-order valence-electron chi connectivity index (χ0n) is 34.5. The highest BCUT2D eigenvalue weighted by atomic mass is 35.5. The lowest BCUT2D eigenvalue weighted by Crippen LogP contribution is -2.16. The molecule has 0 radical (unpaired) electrons. The van der Waals surface area contributed by atoms with Crippen LogP contribution in [0.2, 0.25) is 5.02 Å². The molecule has 0 saturated heterocycles. The van der Waals surface area contributed by atoms with Gasteiger partial charge in [0.2, 0.25) is 0 Å². The maximum atomic E-state index is 7.91. The Morgan fingerprint density at radius 1 is 0.411 bits per heavy atom. The van der Waals surface area contributed by atoms with Crippen molar-refractivity contribution in [3.05, 3.63) is 166 Å². The fourth-order valence-electron chi connectivity index (χ4n) is 7.67. The van der Waals surface area contributed by atoms with Gasteiger partial charge < -0.3 is 9.80 Å². The Morgan fingerprint density at radius 2 is 0.893 bits per heavy atom. The Hall–Kier alpha value is -4.79. The molecule has 6 aromatic carbocycles. The molecule has 290 valence electrons. The Labute approximate surface area is 343 Å². The number of rotatable bonds is 19. The number of anilines is 6. The third-order valence-electron chi connectivity index (χ3n) is 10.9. The van der Waals surface area contributed by atoms with Crippen LogP contribution >= 0.6 is 11.6 Å². The lowest BCUT2D eigenvalue weighted by Gasteiger charge is -2.33. The standard InChI is InChI=1S/C53H61ClN2/c1-6-10-18-41-26-31-46(32-27-41)55(47-33-28-42(29-34-47)19-11-7-2)51-36-40(5)37-52(53(51)54)56(48-25-17-22-43(38-48)20-12-8-3)50-35-30-44(21-13-9-4)39-49(50)45-23-15-14-16-24-45/h14-17,22-39H,6-13,18-21H2,1-5H3. The van der Waals surface area contributed by atoms with E-state index in [0.717, 1.165) is 78.2 Å². The van der Waals surface area contributed by atoms with Crippen molar-refractivity contribution in [2.24, 2.45) is 0 Å². The molecule has 0 bridgehead atoms. The minimum Gasteiger partial charge on any atom is -0.309 e. The van der Waals surface area contributed by atoms with Gasteiger partial charge in [0.05, 0.1) is 22.1 Å². The van der Waals surface area contributed by atoms with Gasteiger partial charge in [-0.1, -0.05) is 138 Å². The molecule has 0 unspecified atom stereocenters. The number of hydrogen-bond acceptors (Lipinski definition) is 2. The number of benzene rings is 6. The first-order valence-electron chi connectivity index (χ1n) is 21.3. The van der Waals surface area contributed by atoms with E-state index >= 15 is 0 Å². The smallest absolute Gasteiger partial charge is 0.0887 e. The van der Waals surface area contributed by atoms with E-state index in [1.165, 1.54) is 71.9 Å². The van der Waals surface area contributed by atoms with E-state index in [-0.39, 0.29) is 0 Å². The zero-order valence-corrected chi connectivity index (χ0v) is 35.2. The molecule has 0 N–H and O–H groups in total. The number of halogens is 1. The second-order valence-electron chi connectivity index (χ2n) is 15.4. The third-order valence-corrected chi connectivity index (χ3v) is 11.3. The van der Waals surface area contributed by atoms with Gasteiger partial charge in [-0.05, 0) is 152 Å². The lowest BCUT2D eigenvalue weighted by atomic mass is 9.96. The first-order chi connectivity index (χ1) is 27.4. The van der Waals surface area contributed by atoms with Gasteiger partial charge in [0.25, 0.3) is 0 Å². The van der Waals surface area contributed by atoms with Gasteiger partial charge in [0.15, 0.2) is 0 Å². The minimum absolute atomic E-state index is 0.716. The summed E-state index contributed by atoms with van der Waals surface area (Å²) in [5, 5.41) is 0.716. The molecule has 0 fully saturated rings. The highest BCUT2D eigenvalue weighted by Crippen LogP contribution is 2.49. The summed E-state index contributed by atoms with van der Waals surface area (Å²) in [4.78, 5) is 4.77. The molecule has 0 heterocycles. The van der Waals surface area contributed by atoms with Crippen LogP contribution in [0.5, 0.6) is 0 Å². The van der Waals surface area contributed by atoms with Crippen molar-refractivity contribution in [1.82, 2.24) is 0 Å². The van der Waals surface area contributed by atoms with Gasteiger partial charge in [-0.25, -0.2) is 0 Å². The molecule has 6 rings (SSSR count). The van der Waals surface area contributed by atoms with Crippen molar-refractivity contribution in [3.63, 3.8) is 0 Å². The SMILES string of the molecule is CCCCc1ccc(N(c2ccc(CCCC)cc2)c2cc(C)cc(N(c3cccc(CCCC)c3)c3ccc(CCCC)cc3-c3ccccc3)c2Cl)cc1. The summed E-state index contributed by atoms with van der Waals surface area (Å²) < 4.78 is 0. The fourth-order valence-corrected chi connectivity index (χ4v) is 7.95. The largest absolute Gasteiger partial charge is 0.309 e. The second kappa shape index (κ2) is 20.4. The van der Waals surface area contributed by atoms with Crippen molar-refractivity contribution in [2.45, 2.75) is 112 Å². The predicted molar refractivity (Wildman–Crippen MR) is 245 cm³/mol. The topological polar surface area (TPSA) is 6.48 Å². The molecule has 0 aliphatic carbocycles. The van der Waals surface area contributed by atoms with Crippen LogP contribution in [-0.4, -0.2) is 0 Å². The van der Waals surface area contributed by atoms with Crippen LogP contribution in [0.15, 0.2) is 133 Å². The summed E-state index contributed by atoms with van der Waals surface area (Å²) in [5.41, 5.74) is 15.4. The quantitative estimate of drug-likeness (QED) is 0.0811. The van der Waals surface area contributed by atoms with Gasteiger partial charge in [-0.2, -0.15) is 0 Å². The second-order valence-corrected chi connectivity index (χ2v) is 15.8. The summed E-state index contributed by atoms with van der Waals surface area (Å²) in [6.45, 7) is 11.2. The monoisotopic (exact) mass is 760 g/mol. The van der Waals surface area contributed by atoms with E-state index in [0.29, 0.717) is 5.02 Å². The van der Waals surface area contributed by atoms with Gasteiger partial charge >= 0.3 is 0 Å². The highest BCUT2D eigenvalue weighted by molar-refractivity contribution is 6.36. The van der Waals surface area contributed by atoms with E-state index in [4.69, 9.17) is 11.6 Å². The molecule has 0 aliphatic rings. The van der Waals surface area contributed by atoms with Crippen LogP contribution in [0, 0.1) is 6.92 Å². The molecule has 0 saturated carbocycles. The lowest BCUT2D eigenvalue weighted by molar-refractivity contribution is 0.795. The number of unbranched alkanes of at least 4 members (excludes halogenated alkanes) is 4. The summed E-state index contributed by atoms with van der Waals surface area (Å²) in [6, 6.07) is 49.8. The Bertz CT molecular complexity index is 2070. The van der Waals surface area contributed by atoms with Crippen LogP contribution in [0.25, 0.3) is 11.1 Å². The summed E-state index contributed by atoms with van der Waals surface area (Å²) in [5.74, 6) is 0. The summed E-state index contributed by atoms with van der Waals surface area (Å²) in [7, 11) is 0. The predicted octanol–water partition coefficient (Wildman–Crippen LogP) is 16.6. The normalized spacial score (nSPS) is 11.2. The molecule has 56 heavy (non-hydrogen) atoms. The molecule has 2 nitrogen and oxygen atoms in total. The summed E-state index contributed by atoms with van der Waals surface area (Å²) >= 11 is 7.91. The number of hydrogen-bond donors (Lipinski definition) is 0. The first kappa shape index (κ1) is 40.9. The molecule has 3 heteroatoms. The average Bonchev–Trinajstić information content (AvgIpc) is 3.24. The van der Waals surface area contributed by atoms with Crippen molar-refractivity contribution >= 4 is 45.7 Å². The van der Waals surface area contributed by atoms with Gasteiger partial charge in [0, 0.05) is 22.6 Å². The molecule has 0 amide bonds. The molecular formula is C53H61ClN2. The van der Waals surface area contributed by atoms with Gasteiger partial charge in [-0.15, -0.1) is 0 Å². The molecule has 0 aromatic heterocycles. The van der Waals surface area contributed by atoms with E-state index in [2.05, 4.69) is 178 Å². The van der Waals surface area contributed by atoms with Crippen molar-refractivity contribution < 1.29 is 0 Å². The van der Waals surface area contributed by atoms with E-state index in [9.17, 15) is 0 Å². The highest BCUT2D eigenvalue weighted by Gasteiger charge is 2.25. The van der Waals surface area contributed by atoms with Gasteiger partial charge in [0.1, 0.15) is 0 Å². The van der Waals surface area contributed by atoms with Crippen LogP contribution in [-0.2, 0) is 25.7 Å². The van der Waals surface area contributed by atoms with E-state index < -0.39 is 0 Å². The average molecular weight is 762 g/mol. The van der Waals surface area contributed by atoms with Gasteiger partial charge in [-0.3, -0.25) is 0 Å². The third kappa shape index (κ3) is 10.1. The Morgan fingerprint density at radius 3 is 1.43 bits per heavy atom. The summed E-state index contributed by atoms with van der Waals surface area (Å²) in [6.07, 6.45) is 13.7. The van der Waals surface area contributed by atoms with E-state index in [1.54, 1.807) is 0 Å². The number of aryl methyl sites for hydroxylation is 5. The Balaban J connectivity index is 1.58. The molecule has 0 aliphatic heterocycles. The van der Waals surface area contributed by atoms with Crippen molar-refractivity contribution in [3.8, 4) is 11.1 Å². The maximum Gasteiger partial charge on any atom is 0.0887 e. The molecule has 0 spiro atoms. The molecule has 6 aromatic rings. The number of nitrogens with zero attached hydrogens (tertiary/aromatic N) is 2.